The molecule has 7 heteroatoms. The summed E-state index contributed by atoms with van der Waals surface area (Å²) < 4.78 is 16.6. The summed E-state index contributed by atoms with van der Waals surface area (Å²) in [5.41, 5.74) is 2.39. The first-order valence-electron chi connectivity index (χ1n) is 10.4. The Balaban J connectivity index is 1.55. The lowest BCUT2D eigenvalue weighted by Gasteiger charge is -2.36. The number of hydrogen-bond donors (Lipinski definition) is 0. The van der Waals surface area contributed by atoms with Gasteiger partial charge in [0.05, 0.1) is 13.2 Å². The Labute approximate surface area is 171 Å². The van der Waals surface area contributed by atoms with Crippen LogP contribution in [0.2, 0.25) is 0 Å². The van der Waals surface area contributed by atoms with E-state index in [-0.39, 0.29) is 11.9 Å². The van der Waals surface area contributed by atoms with Gasteiger partial charge in [-0.25, -0.2) is 4.98 Å². The molecule has 4 rings (SSSR count). The Morgan fingerprint density at radius 2 is 1.93 bits per heavy atom. The number of morpholine rings is 1. The van der Waals surface area contributed by atoms with Crippen molar-refractivity contribution in [2.75, 3.05) is 52.6 Å². The zero-order chi connectivity index (χ0) is 20.1. The van der Waals surface area contributed by atoms with Gasteiger partial charge >= 0.3 is 0 Å². The van der Waals surface area contributed by atoms with Crippen LogP contribution >= 0.6 is 0 Å². The first kappa shape index (κ1) is 20.1. The summed E-state index contributed by atoms with van der Waals surface area (Å²) in [4.78, 5) is 22.2. The predicted octanol–water partition coefficient (Wildman–Crippen LogP) is 2.60. The van der Waals surface area contributed by atoms with Gasteiger partial charge in [0.1, 0.15) is 0 Å². The minimum absolute atomic E-state index is 0.0598. The number of benzene rings is 1. The highest BCUT2D eigenvalue weighted by atomic mass is 16.5. The van der Waals surface area contributed by atoms with Crippen LogP contribution in [0.3, 0.4) is 0 Å². The monoisotopic (exact) mass is 399 g/mol. The van der Waals surface area contributed by atoms with Crippen molar-refractivity contribution in [1.29, 1.82) is 0 Å². The van der Waals surface area contributed by atoms with Gasteiger partial charge in [0.2, 0.25) is 0 Å². The Hall–Kier alpha value is -2.22. The summed E-state index contributed by atoms with van der Waals surface area (Å²) in [6.45, 7) is 8.25. The molecule has 1 amide bonds. The van der Waals surface area contributed by atoms with Crippen molar-refractivity contribution in [1.82, 2.24) is 14.8 Å². The molecular weight excluding hydrogens is 370 g/mol. The van der Waals surface area contributed by atoms with Crippen molar-refractivity contribution in [2.24, 2.45) is 0 Å². The number of aryl methyl sites for hydroxylation is 1. The number of aromatic nitrogens is 1. The number of rotatable bonds is 6. The number of hydrogen-bond acceptors (Lipinski definition) is 6. The number of amides is 1. The lowest BCUT2D eigenvalue weighted by atomic mass is 10.0. The van der Waals surface area contributed by atoms with Crippen LogP contribution in [0, 0.1) is 6.92 Å². The maximum atomic E-state index is 13.6. The highest BCUT2D eigenvalue weighted by Crippen LogP contribution is 2.26. The molecule has 0 saturated carbocycles. The van der Waals surface area contributed by atoms with Crippen molar-refractivity contribution in [3.8, 4) is 11.3 Å². The average molecular weight is 399 g/mol. The number of ether oxygens (including phenoxy) is 2. The first-order chi connectivity index (χ1) is 14.2. The molecule has 0 spiro atoms. The third-order valence-corrected chi connectivity index (χ3v) is 5.70. The summed E-state index contributed by atoms with van der Waals surface area (Å²) in [6, 6.07) is 8.13. The second kappa shape index (κ2) is 9.52. The fourth-order valence-electron chi connectivity index (χ4n) is 4.05. The molecule has 2 aliphatic heterocycles. The van der Waals surface area contributed by atoms with Gasteiger partial charge in [-0.1, -0.05) is 23.8 Å². The molecule has 156 valence electrons. The lowest BCUT2D eigenvalue weighted by molar-refractivity contribution is 0.0139. The van der Waals surface area contributed by atoms with Crippen molar-refractivity contribution in [3.05, 3.63) is 41.9 Å². The number of nitrogens with zero attached hydrogens (tertiary/aromatic N) is 3. The molecule has 2 saturated heterocycles. The van der Waals surface area contributed by atoms with Crippen LogP contribution in [-0.4, -0.2) is 79.3 Å². The summed E-state index contributed by atoms with van der Waals surface area (Å²) >= 11 is 0. The maximum Gasteiger partial charge on any atom is 0.276 e. The molecule has 0 aliphatic carbocycles. The molecule has 0 N–H and O–H groups in total. The molecule has 2 fully saturated rings. The molecule has 7 nitrogen and oxygen atoms in total. The van der Waals surface area contributed by atoms with Gasteiger partial charge in [0, 0.05) is 51.0 Å². The molecule has 1 aromatic carbocycles. The van der Waals surface area contributed by atoms with E-state index in [9.17, 15) is 4.79 Å². The van der Waals surface area contributed by atoms with E-state index in [0.717, 1.165) is 56.8 Å². The summed E-state index contributed by atoms with van der Waals surface area (Å²) in [5, 5.41) is 0. The minimum Gasteiger partial charge on any atom is -0.443 e. The van der Waals surface area contributed by atoms with E-state index in [4.69, 9.17) is 13.9 Å². The van der Waals surface area contributed by atoms with Gasteiger partial charge in [-0.05, 0) is 25.8 Å². The molecule has 0 unspecified atom stereocenters. The third kappa shape index (κ3) is 4.86. The molecular formula is C22H29N3O4. The third-order valence-electron chi connectivity index (χ3n) is 5.70. The zero-order valence-corrected chi connectivity index (χ0v) is 17.0. The molecule has 3 heterocycles. The topological polar surface area (TPSA) is 68.0 Å². The summed E-state index contributed by atoms with van der Waals surface area (Å²) in [5.74, 6) is 0.484. The summed E-state index contributed by atoms with van der Waals surface area (Å²) in [7, 11) is 0. The fraction of sp³-hybridized carbons (Fsp3) is 0.545. The SMILES string of the molecule is Cc1cccc(-c2ocnc2C(=O)N(CCN2CCOCC2)C2CCOCC2)c1. The van der Waals surface area contributed by atoms with Crippen molar-refractivity contribution >= 4 is 5.91 Å². The van der Waals surface area contributed by atoms with Gasteiger partial charge in [0.15, 0.2) is 17.8 Å². The number of carbonyl (C=O) groups is 1. The van der Waals surface area contributed by atoms with Gasteiger partial charge in [-0.15, -0.1) is 0 Å². The highest BCUT2D eigenvalue weighted by Gasteiger charge is 2.30. The van der Waals surface area contributed by atoms with E-state index >= 15 is 0 Å². The van der Waals surface area contributed by atoms with Crippen molar-refractivity contribution in [3.63, 3.8) is 0 Å². The molecule has 1 aromatic heterocycles. The largest absolute Gasteiger partial charge is 0.443 e. The molecule has 0 radical (unpaired) electrons. The Morgan fingerprint density at radius 1 is 1.17 bits per heavy atom. The quantitative estimate of drug-likeness (QED) is 0.744. The molecule has 0 atom stereocenters. The van der Waals surface area contributed by atoms with Crippen LogP contribution in [0.15, 0.2) is 35.1 Å². The number of carbonyl (C=O) groups excluding carboxylic acids is 1. The van der Waals surface area contributed by atoms with E-state index in [1.807, 2.05) is 36.1 Å². The Bertz CT molecular complexity index is 810. The molecule has 0 bridgehead atoms. The van der Waals surface area contributed by atoms with E-state index in [0.29, 0.717) is 31.2 Å². The number of oxazole rings is 1. The Kier molecular flexibility index (Phi) is 6.59. The van der Waals surface area contributed by atoms with Gasteiger partial charge in [-0.3, -0.25) is 9.69 Å². The van der Waals surface area contributed by atoms with Gasteiger partial charge < -0.3 is 18.8 Å². The first-order valence-corrected chi connectivity index (χ1v) is 10.4. The maximum absolute atomic E-state index is 13.6. The predicted molar refractivity (Wildman–Crippen MR) is 109 cm³/mol. The van der Waals surface area contributed by atoms with Crippen LogP contribution in [-0.2, 0) is 9.47 Å². The van der Waals surface area contributed by atoms with Gasteiger partial charge in [0.25, 0.3) is 5.91 Å². The van der Waals surface area contributed by atoms with Crippen molar-refractivity contribution in [2.45, 2.75) is 25.8 Å². The average Bonchev–Trinajstić information content (AvgIpc) is 3.25. The van der Waals surface area contributed by atoms with Crippen molar-refractivity contribution < 1.29 is 18.7 Å². The fourth-order valence-corrected chi connectivity index (χ4v) is 4.05. The van der Waals surface area contributed by atoms with Crippen LogP contribution in [0.1, 0.15) is 28.9 Å². The standard InChI is InChI=1S/C22H29N3O4/c1-17-3-2-4-18(15-17)21-20(23-16-29-21)22(26)25(19-5-11-27-12-6-19)8-7-24-9-13-28-14-10-24/h2-4,15-16,19H,5-14H2,1H3. The van der Waals surface area contributed by atoms with E-state index < -0.39 is 0 Å². The molecule has 29 heavy (non-hydrogen) atoms. The van der Waals surface area contributed by atoms with E-state index in [2.05, 4.69) is 9.88 Å². The van der Waals surface area contributed by atoms with Gasteiger partial charge in [-0.2, -0.15) is 0 Å². The zero-order valence-electron chi connectivity index (χ0n) is 17.0. The highest BCUT2D eigenvalue weighted by molar-refractivity contribution is 5.97. The van der Waals surface area contributed by atoms with Crippen LogP contribution in [0.5, 0.6) is 0 Å². The second-order valence-electron chi connectivity index (χ2n) is 7.70. The normalized spacial score (nSPS) is 18.7. The van der Waals surface area contributed by atoms with E-state index in [1.54, 1.807) is 0 Å². The molecule has 2 aliphatic rings. The molecule has 2 aromatic rings. The summed E-state index contributed by atoms with van der Waals surface area (Å²) in [6.07, 6.45) is 3.08. The lowest BCUT2D eigenvalue weighted by Crippen LogP contribution is -2.48. The Morgan fingerprint density at radius 3 is 2.69 bits per heavy atom. The smallest absolute Gasteiger partial charge is 0.276 e. The van der Waals surface area contributed by atoms with E-state index in [1.165, 1.54) is 6.39 Å². The minimum atomic E-state index is -0.0598. The second-order valence-corrected chi connectivity index (χ2v) is 7.70. The van der Waals surface area contributed by atoms with Crippen LogP contribution < -0.4 is 0 Å². The van der Waals surface area contributed by atoms with Crippen LogP contribution in [0.25, 0.3) is 11.3 Å². The van der Waals surface area contributed by atoms with Crippen LogP contribution in [0.4, 0.5) is 0 Å².